The maximum absolute atomic E-state index is 4.67. The average Bonchev–Trinajstić information content (AvgIpc) is 2.38. The van der Waals surface area contributed by atoms with Gasteiger partial charge < -0.3 is 10.2 Å². The Bertz CT molecular complexity index is 448. The fourth-order valence-corrected chi connectivity index (χ4v) is 2.81. The van der Waals surface area contributed by atoms with Crippen LogP contribution in [0.1, 0.15) is 46.4 Å². The van der Waals surface area contributed by atoms with Crippen molar-refractivity contribution in [3.8, 4) is 0 Å². The minimum Gasteiger partial charge on any atom is -0.367 e. The number of anilines is 1. The molecule has 1 aromatic heterocycles. The summed E-state index contributed by atoms with van der Waals surface area (Å²) in [5, 5.41) is 3.57. The number of likely N-dealkylation sites (tertiary alicyclic amines) is 1. The molecule has 0 bridgehead atoms. The van der Waals surface area contributed by atoms with Crippen LogP contribution in [0.2, 0.25) is 0 Å². The van der Waals surface area contributed by atoms with Crippen molar-refractivity contribution in [2.75, 3.05) is 25.0 Å². The Labute approximate surface area is 130 Å². The average molecular weight is 341 g/mol. The maximum Gasteiger partial charge on any atom is 0.137 e. The third-order valence-corrected chi connectivity index (χ3v) is 4.16. The number of nitrogens with one attached hydrogen (secondary N) is 1. The third-order valence-electron chi connectivity index (χ3n) is 3.75. The first kappa shape index (κ1) is 15.7. The third kappa shape index (κ3) is 4.16. The first-order chi connectivity index (χ1) is 9.38. The molecule has 1 aliphatic rings. The lowest BCUT2D eigenvalue weighted by Crippen LogP contribution is -2.39. The molecule has 1 aliphatic heterocycles. The van der Waals surface area contributed by atoms with Crippen molar-refractivity contribution in [3.05, 3.63) is 16.5 Å². The Hall–Kier alpha value is -0.680. The highest BCUT2D eigenvalue weighted by atomic mass is 79.9. The highest BCUT2D eigenvalue weighted by Gasteiger charge is 2.21. The van der Waals surface area contributed by atoms with Gasteiger partial charge in [0.05, 0.1) is 0 Å². The fraction of sp³-hybridized carbons (Fsp3) is 0.733. The van der Waals surface area contributed by atoms with Crippen molar-refractivity contribution < 1.29 is 0 Å². The number of hydrogen-bond donors (Lipinski definition) is 1. The van der Waals surface area contributed by atoms with Gasteiger partial charge >= 0.3 is 0 Å². The highest BCUT2D eigenvalue weighted by Crippen LogP contribution is 2.23. The minimum absolute atomic E-state index is 0.0359. The molecule has 1 fully saturated rings. The van der Waals surface area contributed by atoms with Gasteiger partial charge in [-0.3, -0.25) is 0 Å². The SMILES string of the molecule is CCN1CCC(Nc2cc(Br)nc(C(C)(C)C)n2)CC1. The van der Waals surface area contributed by atoms with E-state index in [4.69, 9.17) is 0 Å². The van der Waals surface area contributed by atoms with Gasteiger partial charge in [0.25, 0.3) is 0 Å². The predicted molar refractivity (Wildman–Crippen MR) is 87.2 cm³/mol. The monoisotopic (exact) mass is 340 g/mol. The predicted octanol–water partition coefficient (Wildman–Crippen LogP) is 3.43. The molecule has 4 nitrogen and oxygen atoms in total. The summed E-state index contributed by atoms with van der Waals surface area (Å²) in [4.78, 5) is 11.6. The van der Waals surface area contributed by atoms with E-state index in [0.29, 0.717) is 6.04 Å². The largest absolute Gasteiger partial charge is 0.367 e. The van der Waals surface area contributed by atoms with Crippen LogP contribution in [0.15, 0.2) is 10.7 Å². The molecular weight excluding hydrogens is 316 g/mol. The quantitative estimate of drug-likeness (QED) is 0.855. The molecular formula is C15H25BrN4. The zero-order chi connectivity index (χ0) is 14.8. The second-order valence-corrected chi connectivity index (χ2v) is 7.31. The maximum atomic E-state index is 4.67. The summed E-state index contributed by atoms with van der Waals surface area (Å²) in [5.74, 6) is 1.81. The molecule has 2 rings (SSSR count). The Morgan fingerprint density at radius 3 is 2.50 bits per heavy atom. The highest BCUT2D eigenvalue weighted by molar-refractivity contribution is 9.10. The number of aromatic nitrogens is 2. The van der Waals surface area contributed by atoms with Crippen LogP contribution in [-0.2, 0) is 5.41 Å². The van der Waals surface area contributed by atoms with Gasteiger partial charge in [-0.2, -0.15) is 0 Å². The molecule has 0 aromatic carbocycles. The molecule has 1 N–H and O–H groups in total. The van der Waals surface area contributed by atoms with E-state index in [0.717, 1.165) is 22.8 Å². The molecule has 0 radical (unpaired) electrons. The normalized spacial score (nSPS) is 18.2. The number of nitrogens with zero attached hydrogens (tertiary/aromatic N) is 3. The van der Waals surface area contributed by atoms with Gasteiger partial charge in [-0.15, -0.1) is 0 Å². The molecule has 0 unspecified atom stereocenters. The van der Waals surface area contributed by atoms with E-state index < -0.39 is 0 Å². The second kappa shape index (κ2) is 6.39. The lowest BCUT2D eigenvalue weighted by molar-refractivity contribution is 0.229. The summed E-state index contributed by atoms with van der Waals surface area (Å²) in [6.07, 6.45) is 2.36. The van der Waals surface area contributed by atoms with Crippen LogP contribution in [0.5, 0.6) is 0 Å². The van der Waals surface area contributed by atoms with Crippen LogP contribution < -0.4 is 5.32 Å². The van der Waals surface area contributed by atoms with Gasteiger partial charge in [-0.1, -0.05) is 27.7 Å². The Balaban J connectivity index is 2.05. The topological polar surface area (TPSA) is 41.0 Å². The van der Waals surface area contributed by atoms with Crippen LogP contribution in [0, 0.1) is 0 Å². The summed E-state index contributed by atoms with van der Waals surface area (Å²) in [7, 11) is 0. The van der Waals surface area contributed by atoms with Crippen molar-refractivity contribution in [3.63, 3.8) is 0 Å². The standard InChI is InChI=1S/C15H25BrN4/c1-5-20-8-6-11(7-9-20)17-13-10-12(16)18-14(19-13)15(2,3)4/h10-11H,5-9H2,1-4H3,(H,17,18,19). The first-order valence-corrected chi connectivity index (χ1v) is 8.21. The Morgan fingerprint density at radius 1 is 1.30 bits per heavy atom. The van der Waals surface area contributed by atoms with Crippen LogP contribution in [0.3, 0.4) is 0 Å². The Morgan fingerprint density at radius 2 is 1.95 bits per heavy atom. The van der Waals surface area contributed by atoms with Gasteiger partial charge in [-0.05, 0) is 35.3 Å². The number of hydrogen-bond acceptors (Lipinski definition) is 4. The van der Waals surface area contributed by atoms with Crippen molar-refractivity contribution in [2.24, 2.45) is 0 Å². The summed E-state index contributed by atoms with van der Waals surface area (Å²) in [6, 6.07) is 2.49. The zero-order valence-electron chi connectivity index (χ0n) is 12.9. The molecule has 0 saturated carbocycles. The molecule has 0 aliphatic carbocycles. The lowest BCUT2D eigenvalue weighted by Gasteiger charge is -2.32. The summed E-state index contributed by atoms with van der Waals surface area (Å²) < 4.78 is 0.853. The Kier molecular flexibility index (Phi) is 5.02. The van der Waals surface area contributed by atoms with Gasteiger partial charge in [0.2, 0.25) is 0 Å². The first-order valence-electron chi connectivity index (χ1n) is 7.42. The summed E-state index contributed by atoms with van der Waals surface area (Å²) in [6.45, 7) is 12.1. The molecule has 0 amide bonds. The van der Waals surface area contributed by atoms with E-state index >= 15 is 0 Å². The van der Waals surface area contributed by atoms with E-state index in [9.17, 15) is 0 Å². The molecule has 2 heterocycles. The van der Waals surface area contributed by atoms with Crippen LogP contribution in [-0.4, -0.2) is 40.5 Å². The van der Waals surface area contributed by atoms with Crippen LogP contribution in [0.4, 0.5) is 5.82 Å². The van der Waals surface area contributed by atoms with Crippen molar-refractivity contribution in [1.82, 2.24) is 14.9 Å². The van der Waals surface area contributed by atoms with Gasteiger partial charge in [0.15, 0.2) is 0 Å². The van der Waals surface area contributed by atoms with Gasteiger partial charge in [-0.25, -0.2) is 9.97 Å². The van der Waals surface area contributed by atoms with Crippen LogP contribution >= 0.6 is 15.9 Å². The molecule has 112 valence electrons. The van der Waals surface area contributed by atoms with E-state index in [1.807, 2.05) is 6.07 Å². The molecule has 5 heteroatoms. The summed E-state index contributed by atoms with van der Waals surface area (Å²) >= 11 is 3.49. The lowest BCUT2D eigenvalue weighted by atomic mass is 9.96. The van der Waals surface area contributed by atoms with E-state index in [2.05, 4.69) is 63.8 Å². The number of rotatable bonds is 3. The molecule has 1 aromatic rings. The number of piperidine rings is 1. The summed E-state index contributed by atoms with van der Waals surface area (Å²) in [5.41, 5.74) is -0.0359. The molecule has 0 atom stereocenters. The van der Waals surface area contributed by atoms with Crippen molar-refractivity contribution >= 4 is 21.7 Å². The smallest absolute Gasteiger partial charge is 0.137 e. The minimum atomic E-state index is -0.0359. The second-order valence-electron chi connectivity index (χ2n) is 6.50. The zero-order valence-corrected chi connectivity index (χ0v) is 14.5. The molecule has 20 heavy (non-hydrogen) atoms. The van der Waals surface area contributed by atoms with Crippen LogP contribution in [0.25, 0.3) is 0 Å². The van der Waals surface area contributed by atoms with E-state index in [1.165, 1.54) is 25.9 Å². The molecule has 0 spiro atoms. The van der Waals surface area contributed by atoms with Crippen molar-refractivity contribution in [1.29, 1.82) is 0 Å². The fourth-order valence-electron chi connectivity index (χ4n) is 2.43. The van der Waals surface area contributed by atoms with Crippen molar-refractivity contribution in [2.45, 2.75) is 52.0 Å². The molecule has 1 saturated heterocycles. The number of halogens is 1. The van der Waals surface area contributed by atoms with Gasteiger partial charge in [0, 0.05) is 30.6 Å². The van der Waals surface area contributed by atoms with Gasteiger partial charge in [0.1, 0.15) is 16.2 Å². The van der Waals surface area contributed by atoms with E-state index in [1.54, 1.807) is 0 Å². The van der Waals surface area contributed by atoms with E-state index in [-0.39, 0.29) is 5.41 Å².